The van der Waals surface area contributed by atoms with Gasteiger partial charge in [0.1, 0.15) is 0 Å². The van der Waals surface area contributed by atoms with Gasteiger partial charge in [-0.05, 0) is 37.3 Å². The summed E-state index contributed by atoms with van der Waals surface area (Å²) in [5.41, 5.74) is 3.54. The number of aromatic nitrogens is 3. The van der Waals surface area contributed by atoms with Crippen molar-refractivity contribution < 1.29 is 13.9 Å². The number of carbonyl (C=O) groups excluding carboxylic acids is 1. The second kappa shape index (κ2) is 7.23. The summed E-state index contributed by atoms with van der Waals surface area (Å²) in [6, 6.07) is 7.75. The Bertz CT molecular complexity index is 949. The molecular weight excluding hydrogens is 330 g/mol. The molecule has 26 heavy (non-hydrogen) atoms. The van der Waals surface area contributed by atoms with Crippen LogP contribution in [-0.2, 0) is 30.6 Å². The lowest BCUT2D eigenvalue weighted by Crippen LogP contribution is -2.12. The summed E-state index contributed by atoms with van der Waals surface area (Å²) in [6.07, 6.45) is 5.75. The SMILES string of the molecule is CCc1nnc(COC(=O)c2c3c(nc4ccccc24)CCCCC3)o1. The van der Waals surface area contributed by atoms with Crippen molar-refractivity contribution in [1.82, 2.24) is 15.2 Å². The molecule has 0 bridgehead atoms. The third-order valence-electron chi connectivity index (χ3n) is 4.76. The average Bonchev–Trinajstić information content (AvgIpc) is 3.01. The molecule has 2 heterocycles. The number of aryl methyl sites for hydroxylation is 2. The molecule has 0 spiro atoms. The zero-order valence-corrected chi connectivity index (χ0v) is 14.8. The fourth-order valence-corrected chi connectivity index (χ4v) is 3.47. The van der Waals surface area contributed by atoms with Gasteiger partial charge < -0.3 is 9.15 Å². The van der Waals surface area contributed by atoms with E-state index < -0.39 is 0 Å². The Labute approximate surface area is 151 Å². The molecule has 4 rings (SSSR count). The number of nitrogens with zero attached hydrogens (tertiary/aromatic N) is 3. The summed E-state index contributed by atoms with van der Waals surface area (Å²) >= 11 is 0. The van der Waals surface area contributed by atoms with Crippen LogP contribution in [0.15, 0.2) is 28.7 Å². The van der Waals surface area contributed by atoms with Crippen LogP contribution < -0.4 is 0 Å². The molecular formula is C20H21N3O3. The summed E-state index contributed by atoms with van der Waals surface area (Å²) in [5.74, 6) is 0.511. The monoisotopic (exact) mass is 351 g/mol. The number of hydrogen-bond donors (Lipinski definition) is 0. The van der Waals surface area contributed by atoms with E-state index in [9.17, 15) is 4.79 Å². The number of carbonyl (C=O) groups is 1. The molecule has 134 valence electrons. The van der Waals surface area contributed by atoms with Crippen LogP contribution in [0.1, 0.15) is 59.6 Å². The summed E-state index contributed by atoms with van der Waals surface area (Å²) < 4.78 is 11.0. The smallest absolute Gasteiger partial charge is 0.339 e. The van der Waals surface area contributed by atoms with E-state index in [-0.39, 0.29) is 12.6 Å². The maximum Gasteiger partial charge on any atom is 0.339 e. The molecule has 0 saturated heterocycles. The normalized spacial score (nSPS) is 14.0. The van der Waals surface area contributed by atoms with Gasteiger partial charge in [0.05, 0.1) is 11.1 Å². The van der Waals surface area contributed by atoms with Crippen LogP contribution in [0.5, 0.6) is 0 Å². The molecule has 0 N–H and O–H groups in total. The summed E-state index contributed by atoms with van der Waals surface area (Å²) in [6.45, 7) is 1.92. The van der Waals surface area contributed by atoms with Crippen LogP contribution in [0.25, 0.3) is 10.9 Å². The van der Waals surface area contributed by atoms with Gasteiger partial charge in [0, 0.05) is 17.5 Å². The molecule has 0 amide bonds. The first kappa shape index (κ1) is 16.7. The van der Waals surface area contributed by atoms with Crippen LogP contribution in [-0.4, -0.2) is 21.2 Å². The minimum atomic E-state index is -0.349. The highest BCUT2D eigenvalue weighted by Gasteiger charge is 2.23. The van der Waals surface area contributed by atoms with Crippen molar-refractivity contribution in [3.05, 3.63) is 52.9 Å². The van der Waals surface area contributed by atoms with E-state index in [4.69, 9.17) is 14.1 Å². The highest BCUT2D eigenvalue weighted by atomic mass is 16.5. The second-order valence-electron chi connectivity index (χ2n) is 6.51. The van der Waals surface area contributed by atoms with Crippen LogP contribution >= 0.6 is 0 Å². The van der Waals surface area contributed by atoms with Gasteiger partial charge in [0.25, 0.3) is 5.89 Å². The Hall–Kier alpha value is -2.76. The van der Waals surface area contributed by atoms with Crippen LogP contribution in [0, 0.1) is 0 Å². The fourth-order valence-electron chi connectivity index (χ4n) is 3.47. The third kappa shape index (κ3) is 3.19. The maximum atomic E-state index is 13.0. The third-order valence-corrected chi connectivity index (χ3v) is 4.76. The Morgan fingerprint density at radius 1 is 1.12 bits per heavy atom. The number of para-hydroxylation sites is 1. The van der Waals surface area contributed by atoms with E-state index in [2.05, 4.69) is 10.2 Å². The summed E-state index contributed by atoms with van der Waals surface area (Å²) in [4.78, 5) is 17.8. The van der Waals surface area contributed by atoms with Crippen molar-refractivity contribution in [2.45, 2.75) is 52.1 Å². The first-order valence-corrected chi connectivity index (χ1v) is 9.15. The molecule has 0 unspecified atom stereocenters. The first-order valence-electron chi connectivity index (χ1n) is 9.15. The Balaban J connectivity index is 1.69. The van der Waals surface area contributed by atoms with Crippen LogP contribution in [0.3, 0.4) is 0 Å². The van der Waals surface area contributed by atoms with Crippen molar-refractivity contribution >= 4 is 16.9 Å². The van der Waals surface area contributed by atoms with Crippen molar-refractivity contribution in [3.8, 4) is 0 Å². The summed E-state index contributed by atoms with van der Waals surface area (Å²) in [7, 11) is 0. The maximum absolute atomic E-state index is 13.0. The van der Waals surface area contributed by atoms with E-state index in [1.54, 1.807) is 0 Å². The van der Waals surface area contributed by atoms with E-state index in [1.165, 1.54) is 0 Å². The molecule has 2 aromatic heterocycles. The lowest BCUT2D eigenvalue weighted by atomic mass is 9.97. The van der Waals surface area contributed by atoms with Crippen molar-refractivity contribution in [1.29, 1.82) is 0 Å². The van der Waals surface area contributed by atoms with Gasteiger partial charge in [-0.2, -0.15) is 0 Å². The van der Waals surface area contributed by atoms with E-state index in [1.807, 2.05) is 31.2 Å². The zero-order chi connectivity index (χ0) is 17.9. The van der Waals surface area contributed by atoms with Gasteiger partial charge in [-0.15, -0.1) is 10.2 Å². The fraction of sp³-hybridized carbons (Fsp3) is 0.400. The molecule has 0 radical (unpaired) electrons. The number of fused-ring (bicyclic) bond motifs is 2. The van der Waals surface area contributed by atoms with Crippen LogP contribution in [0.4, 0.5) is 0 Å². The van der Waals surface area contributed by atoms with Gasteiger partial charge in [-0.1, -0.05) is 31.5 Å². The topological polar surface area (TPSA) is 78.1 Å². The molecule has 1 aliphatic rings. The lowest BCUT2D eigenvalue weighted by Gasteiger charge is -2.14. The highest BCUT2D eigenvalue weighted by Crippen LogP contribution is 2.29. The Kier molecular flexibility index (Phi) is 4.65. The van der Waals surface area contributed by atoms with Gasteiger partial charge in [-0.25, -0.2) is 4.79 Å². The van der Waals surface area contributed by atoms with E-state index in [0.717, 1.165) is 54.3 Å². The van der Waals surface area contributed by atoms with Gasteiger partial charge in [0.2, 0.25) is 5.89 Å². The molecule has 1 aliphatic carbocycles. The largest absolute Gasteiger partial charge is 0.452 e. The first-order chi connectivity index (χ1) is 12.8. The van der Waals surface area contributed by atoms with E-state index in [0.29, 0.717) is 23.8 Å². The number of rotatable bonds is 4. The Morgan fingerprint density at radius 2 is 1.92 bits per heavy atom. The number of hydrogen-bond acceptors (Lipinski definition) is 6. The molecule has 0 atom stereocenters. The molecule has 6 heteroatoms. The molecule has 3 aromatic rings. The predicted molar refractivity (Wildman–Crippen MR) is 95.8 cm³/mol. The van der Waals surface area contributed by atoms with Gasteiger partial charge >= 0.3 is 5.97 Å². The van der Waals surface area contributed by atoms with Gasteiger partial charge in [0.15, 0.2) is 6.61 Å². The van der Waals surface area contributed by atoms with Crippen molar-refractivity contribution in [2.75, 3.05) is 0 Å². The number of pyridine rings is 1. The van der Waals surface area contributed by atoms with E-state index >= 15 is 0 Å². The molecule has 0 saturated carbocycles. The average molecular weight is 351 g/mol. The van der Waals surface area contributed by atoms with Gasteiger partial charge in [-0.3, -0.25) is 4.98 Å². The van der Waals surface area contributed by atoms with Crippen molar-refractivity contribution in [2.24, 2.45) is 0 Å². The number of esters is 1. The zero-order valence-electron chi connectivity index (χ0n) is 14.8. The predicted octanol–water partition coefficient (Wildman–Crippen LogP) is 3.81. The summed E-state index contributed by atoms with van der Waals surface area (Å²) in [5, 5.41) is 8.66. The Morgan fingerprint density at radius 3 is 2.77 bits per heavy atom. The lowest BCUT2D eigenvalue weighted by molar-refractivity contribution is 0.0437. The van der Waals surface area contributed by atoms with Crippen LogP contribution in [0.2, 0.25) is 0 Å². The van der Waals surface area contributed by atoms with Crippen molar-refractivity contribution in [3.63, 3.8) is 0 Å². The molecule has 1 aromatic carbocycles. The standard InChI is InChI=1S/C20H21N3O3/c1-2-17-22-23-18(26-17)12-25-20(24)19-13-8-4-3-5-10-15(13)21-16-11-7-6-9-14(16)19/h6-7,9,11H,2-5,8,10,12H2,1H3. The quantitative estimate of drug-likeness (QED) is 0.525. The number of ether oxygens (including phenoxy) is 1. The molecule has 0 aliphatic heterocycles. The number of benzene rings is 1. The second-order valence-corrected chi connectivity index (χ2v) is 6.51. The minimum Gasteiger partial charge on any atom is -0.452 e. The minimum absolute atomic E-state index is 0.0166. The molecule has 0 fully saturated rings. The highest BCUT2D eigenvalue weighted by molar-refractivity contribution is 6.05. The molecule has 6 nitrogen and oxygen atoms in total.